The fraction of sp³-hybridized carbons (Fsp3) is 0.526. The number of carbonyl (C=O) groups is 1. The molecule has 0 aliphatic heterocycles. The molecule has 7 heteroatoms. The highest BCUT2D eigenvalue weighted by Gasteiger charge is 2.18. The number of hydrogen-bond donors (Lipinski definition) is 1. The lowest BCUT2D eigenvalue weighted by molar-refractivity contribution is -0.121. The number of rotatable bonds is 8. The molecule has 1 aliphatic rings. The molecule has 1 aromatic carbocycles. The molecule has 1 amide bonds. The van der Waals surface area contributed by atoms with Crippen molar-refractivity contribution in [2.24, 2.45) is 5.92 Å². The van der Waals surface area contributed by atoms with Crippen LogP contribution in [0.2, 0.25) is 0 Å². The van der Waals surface area contributed by atoms with Gasteiger partial charge in [-0.1, -0.05) is 24.6 Å². The van der Waals surface area contributed by atoms with Crippen LogP contribution in [0.1, 0.15) is 37.9 Å². The maximum atomic E-state index is 12.1. The topological polar surface area (TPSA) is 69.0 Å². The Balaban J connectivity index is 1.62. The lowest BCUT2D eigenvalue weighted by Gasteiger charge is -2.11. The third-order valence-corrected chi connectivity index (χ3v) is 5.46. The van der Waals surface area contributed by atoms with Gasteiger partial charge in [0, 0.05) is 25.1 Å². The van der Waals surface area contributed by atoms with Crippen LogP contribution in [-0.2, 0) is 11.2 Å². The molecule has 0 spiro atoms. The van der Waals surface area contributed by atoms with Crippen molar-refractivity contribution in [2.45, 2.75) is 43.7 Å². The Morgan fingerprint density at radius 2 is 2.00 bits per heavy atom. The van der Waals surface area contributed by atoms with E-state index in [0.29, 0.717) is 25.3 Å². The van der Waals surface area contributed by atoms with Crippen molar-refractivity contribution >= 4 is 17.7 Å². The molecule has 0 unspecified atom stereocenters. The molecule has 1 aromatic heterocycles. The van der Waals surface area contributed by atoms with Gasteiger partial charge in [-0.2, -0.15) is 0 Å². The van der Waals surface area contributed by atoms with Crippen molar-refractivity contribution in [1.82, 2.24) is 20.1 Å². The Morgan fingerprint density at radius 1 is 1.27 bits per heavy atom. The quantitative estimate of drug-likeness (QED) is 0.719. The molecule has 0 bridgehead atoms. The Bertz CT molecular complexity index is 724. The maximum Gasteiger partial charge on any atom is 0.220 e. The third-order valence-electron chi connectivity index (χ3n) is 4.83. The fourth-order valence-electron chi connectivity index (χ4n) is 3.45. The van der Waals surface area contributed by atoms with E-state index in [9.17, 15) is 4.79 Å². The van der Waals surface area contributed by atoms with E-state index in [1.54, 1.807) is 18.9 Å². The van der Waals surface area contributed by atoms with Gasteiger partial charge in [0.2, 0.25) is 5.91 Å². The average molecular weight is 375 g/mol. The van der Waals surface area contributed by atoms with Gasteiger partial charge in [0.05, 0.1) is 7.11 Å². The van der Waals surface area contributed by atoms with Crippen LogP contribution in [0.4, 0.5) is 0 Å². The first-order valence-electron chi connectivity index (χ1n) is 9.10. The summed E-state index contributed by atoms with van der Waals surface area (Å²) in [6, 6.07) is 7.83. The molecule has 26 heavy (non-hydrogen) atoms. The monoisotopic (exact) mass is 374 g/mol. The highest BCUT2D eigenvalue weighted by Crippen LogP contribution is 2.27. The van der Waals surface area contributed by atoms with Gasteiger partial charge in [-0.05, 0) is 49.3 Å². The standard InChI is InChI=1S/C19H26N4O2S/c1-25-16-9-7-15(8-10-16)23-17(21-22-19(23)26-2)11-12-20-18(24)13-14-5-3-4-6-14/h7-10,14H,3-6,11-13H2,1-2H3,(H,20,24). The molecule has 1 aliphatic carbocycles. The zero-order valence-corrected chi connectivity index (χ0v) is 16.2. The number of aromatic nitrogens is 3. The van der Waals surface area contributed by atoms with Gasteiger partial charge >= 0.3 is 0 Å². The molecule has 0 saturated heterocycles. The van der Waals surface area contributed by atoms with Crippen LogP contribution in [-0.4, -0.2) is 40.6 Å². The van der Waals surface area contributed by atoms with Gasteiger partial charge in [-0.25, -0.2) is 0 Å². The minimum atomic E-state index is 0.150. The Morgan fingerprint density at radius 3 is 2.65 bits per heavy atom. The molecule has 1 heterocycles. The first-order chi connectivity index (χ1) is 12.7. The lowest BCUT2D eigenvalue weighted by Crippen LogP contribution is -2.27. The molecular formula is C19H26N4O2S. The van der Waals surface area contributed by atoms with E-state index in [1.807, 2.05) is 35.1 Å². The molecule has 0 radical (unpaired) electrons. The van der Waals surface area contributed by atoms with Crippen LogP contribution in [0.15, 0.2) is 29.4 Å². The number of nitrogens with one attached hydrogen (secondary N) is 1. The number of nitrogens with zero attached hydrogens (tertiary/aromatic N) is 3. The zero-order valence-electron chi connectivity index (χ0n) is 15.4. The number of ether oxygens (including phenoxy) is 1. The van der Waals surface area contributed by atoms with Crippen LogP contribution in [0.5, 0.6) is 5.75 Å². The normalized spacial score (nSPS) is 14.5. The van der Waals surface area contributed by atoms with Crippen molar-refractivity contribution in [2.75, 3.05) is 19.9 Å². The first kappa shape index (κ1) is 18.8. The van der Waals surface area contributed by atoms with Crippen molar-refractivity contribution in [3.63, 3.8) is 0 Å². The van der Waals surface area contributed by atoms with Gasteiger partial charge in [0.1, 0.15) is 11.6 Å². The zero-order chi connectivity index (χ0) is 18.4. The van der Waals surface area contributed by atoms with E-state index in [2.05, 4.69) is 15.5 Å². The highest BCUT2D eigenvalue weighted by atomic mass is 32.2. The number of carbonyl (C=O) groups excluding carboxylic acids is 1. The Hall–Kier alpha value is -2.02. The number of amides is 1. The number of benzene rings is 1. The molecule has 3 rings (SSSR count). The summed E-state index contributed by atoms with van der Waals surface area (Å²) in [6.45, 7) is 0.578. The number of thioether (sulfide) groups is 1. The van der Waals surface area contributed by atoms with E-state index in [1.165, 1.54) is 25.7 Å². The summed E-state index contributed by atoms with van der Waals surface area (Å²) in [5.41, 5.74) is 0.993. The van der Waals surface area contributed by atoms with Crippen molar-refractivity contribution in [3.05, 3.63) is 30.1 Å². The van der Waals surface area contributed by atoms with Gasteiger partial charge in [0.25, 0.3) is 0 Å². The number of hydrogen-bond acceptors (Lipinski definition) is 5. The largest absolute Gasteiger partial charge is 0.497 e. The van der Waals surface area contributed by atoms with Gasteiger partial charge in [-0.15, -0.1) is 10.2 Å². The summed E-state index contributed by atoms with van der Waals surface area (Å²) >= 11 is 1.55. The third kappa shape index (κ3) is 4.58. The van der Waals surface area contributed by atoms with Gasteiger partial charge in [0.15, 0.2) is 5.16 Å². The second-order valence-electron chi connectivity index (χ2n) is 6.59. The van der Waals surface area contributed by atoms with E-state index in [-0.39, 0.29) is 5.91 Å². The second kappa shape index (κ2) is 9.07. The number of methoxy groups -OCH3 is 1. The van der Waals surface area contributed by atoms with Crippen LogP contribution in [0, 0.1) is 5.92 Å². The van der Waals surface area contributed by atoms with Crippen LogP contribution in [0.3, 0.4) is 0 Å². The molecule has 1 N–H and O–H groups in total. The Labute approximate surface area is 158 Å². The van der Waals surface area contributed by atoms with Gasteiger partial charge in [-0.3, -0.25) is 9.36 Å². The predicted molar refractivity (Wildman–Crippen MR) is 103 cm³/mol. The second-order valence-corrected chi connectivity index (χ2v) is 7.36. The molecule has 0 atom stereocenters. The summed E-state index contributed by atoms with van der Waals surface area (Å²) < 4.78 is 7.26. The molecule has 1 fully saturated rings. The molecule has 2 aromatic rings. The fourth-order valence-corrected chi connectivity index (χ4v) is 3.96. The SMILES string of the molecule is COc1ccc(-n2c(CCNC(=O)CC3CCCC3)nnc2SC)cc1. The summed E-state index contributed by atoms with van der Waals surface area (Å²) in [5, 5.41) is 12.5. The smallest absolute Gasteiger partial charge is 0.220 e. The van der Waals surface area contributed by atoms with Crippen molar-refractivity contribution in [1.29, 1.82) is 0 Å². The first-order valence-corrected chi connectivity index (χ1v) is 10.3. The van der Waals surface area contributed by atoms with Crippen LogP contribution in [0.25, 0.3) is 5.69 Å². The van der Waals surface area contributed by atoms with E-state index in [4.69, 9.17) is 4.74 Å². The summed E-state index contributed by atoms with van der Waals surface area (Å²) in [4.78, 5) is 12.1. The average Bonchev–Trinajstić information content (AvgIpc) is 3.31. The molecule has 1 saturated carbocycles. The molecule has 6 nitrogen and oxygen atoms in total. The van der Waals surface area contributed by atoms with E-state index in [0.717, 1.165) is 22.4 Å². The van der Waals surface area contributed by atoms with Crippen molar-refractivity contribution < 1.29 is 9.53 Å². The Kier molecular flexibility index (Phi) is 6.55. The van der Waals surface area contributed by atoms with E-state index < -0.39 is 0 Å². The van der Waals surface area contributed by atoms with Crippen LogP contribution < -0.4 is 10.1 Å². The predicted octanol–water partition coefficient (Wildman–Crippen LogP) is 3.24. The minimum Gasteiger partial charge on any atom is -0.497 e. The van der Waals surface area contributed by atoms with Crippen LogP contribution >= 0.6 is 11.8 Å². The van der Waals surface area contributed by atoms with Crippen molar-refractivity contribution in [3.8, 4) is 11.4 Å². The van der Waals surface area contributed by atoms with Gasteiger partial charge < -0.3 is 10.1 Å². The summed E-state index contributed by atoms with van der Waals surface area (Å²) in [6.07, 6.45) is 8.20. The molecular weight excluding hydrogens is 348 g/mol. The highest BCUT2D eigenvalue weighted by molar-refractivity contribution is 7.98. The summed E-state index contributed by atoms with van der Waals surface area (Å²) in [7, 11) is 1.65. The minimum absolute atomic E-state index is 0.150. The maximum absolute atomic E-state index is 12.1. The lowest BCUT2D eigenvalue weighted by atomic mass is 10.0. The molecule has 140 valence electrons. The summed E-state index contributed by atoms with van der Waals surface area (Å²) in [5.74, 6) is 2.38. The van der Waals surface area contributed by atoms with E-state index >= 15 is 0 Å².